The van der Waals surface area contributed by atoms with Gasteiger partial charge in [-0.25, -0.2) is 0 Å². The molecule has 0 aliphatic carbocycles. The monoisotopic (exact) mass is 310 g/mol. The van der Waals surface area contributed by atoms with Gasteiger partial charge in [0.1, 0.15) is 0 Å². The highest BCUT2D eigenvalue weighted by Gasteiger charge is 2.10. The van der Waals surface area contributed by atoms with Gasteiger partial charge in [0, 0.05) is 20.2 Å². The van der Waals surface area contributed by atoms with E-state index in [4.69, 9.17) is 0 Å². The Balaban J connectivity index is 2.13. The van der Waals surface area contributed by atoms with Crippen molar-refractivity contribution in [1.29, 1.82) is 0 Å². The quantitative estimate of drug-likeness (QED) is 0.427. The summed E-state index contributed by atoms with van der Waals surface area (Å²) in [7, 11) is 0. The molecular weight excluding hydrogens is 288 g/mol. The van der Waals surface area contributed by atoms with Crippen LogP contribution in [-0.2, 0) is 6.42 Å². The van der Waals surface area contributed by atoms with E-state index in [9.17, 15) is 4.79 Å². The van der Waals surface area contributed by atoms with Gasteiger partial charge in [-0.15, -0.1) is 11.3 Å². The minimum atomic E-state index is 0.183. The van der Waals surface area contributed by atoms with E-state index in [-0.39, 0.29) is 5.43 Å². The highest BCUT2D eigenvalue weighted by Crippen LogP contribution is 2.29. The Hall–Kier alpha value is -1.67. The number of aryl methyl sites for hydroxylation is 2. The van der Waals surface area contributed by atoms with Gasteiger partial charge in [-0.2, -0.15) is 0 Å². The lowest BCUT2D eigenvalue weighted by atomic mass is 10.0. The van der Waals surface area contributed by atoms with Crippen LogP contribution in [0.4, 0.5) is 0 Å². The molecule has 0 atom stereocenters. The summed E-state index contributed by atoms with van der Waals surface area (Å²) in [6, 6.07) is 12.3. The normalized spacial score (nSPS) is 11.4. The Bertz CT molecular complexity index is 861. The first-order valence-corrected chi connectivity index (χ1v) is 8.97. The molecule has 1 aromatic heterocycles. The zero-order valence-electron chi connectivity index (χ0n) is 13.3. The second kappa shape index (κ2) is 6.62. The molecule has 0 saturated carbocycles. The van der Waals surface area contributed by atoms with Gasteiger partial charge in [-0.3, -0.25) is 4.79 Å². The molecule has 0 bridgehead atoms. The predicted octanol–water partition coefficient (Wildman–Crippen LogP) is 5.85. The van der Waals surface area contributed by atoms with E-state index in [1.54, 1.807) is 11.3 Å². The molecule has 114 valence electrons. The van der Waals surface area contributed by atoms with Crippen molar-refractivity contribution in [3.05, 3.63) is 57.7 Å². The Morgan fingerprint density at radius 3 is 2.64 bits per heavy atom. The molecule has 1 heterocycles. The fourth-order valence-electron chi connectivity index (χ4n) is 3.06. The van der Waals surface area contributed by atoms with Crippen LogP contribution in [0.1, 0.15) is 43.7 Å². The first-order valence-electron chi connectivity index (χ1n) is 8.16. The van der Waals surface area contributed by atoms with Crippen LogP contribution in [0.5, 0.6) is 0 Å². The molecule has 3 aromatic rings. The zero-order chi connectivity index (χ0) is 15.5. The van der Waals surface area contributed by atoms with Crippen molar-refractivity contribution in [1.82, 2.24) is 0 Å². The van der Waals surface area contributed by atoms with Crippen LogP contribution >= 0.6 is 11.3 Å². The fraction of sp³-hybridized carbons (Fsp3) is 0.350. The molecule has 2 aromatic carbocycles. The second-order valence-corrected chi connectivity index (χ2v) is 7.09. The third-order valence-corrected chi connectivity index (χ3v) is 5.46. The molecule has 0 fully saturated rings. The van der Waals surface area contributed by atoms with Gasteiger partial charge >= 0.3 is 0 Å². The van der Waals surface area contributed by atoms with E-state index >= 15 is 0 Å². The number of unbranched alkanes of at least 4 members (excludes halogenated alkanes) is 3. The molecule has 22 heavy (non-hydrogen) atoms. The number of benzene rings is 2. The van der Waals surface area contributed by atoms with E-state index < -0.39 is 0 Å². The number of hydrogen-bond acceptors (Lipinski definition) is 2. The van der Waals surface area contributed by atoms with Crippen molar-refractivity contribution in [3.63, 3.8) is 0 Å². The maximum absolute atomic E-state index is 12.8. The summed E-state index contributed by atoms with van der Waals surface area (Å²) in [5.41, 5.74) is 2.72. The lowest BCUT2D eigenvalue weighted by Crippen LogP contribution is -2.03. The standard InChI is InChI=1S/C20H22OS/c1-3-4-5-6-9-15-12-14(2)13-17-19(21)16-10-7-8-11-18(16)22-20(15)17/h7-8,10-13H,3-6,9H2,1-2H3. The summed E-state index contributed by atoms with van der Waals surface area (Å²) in [4.78, 5) is 12.8. The third kappa shape index (κ3) is 2.93. The van der Waals surface area contributed by atoms with E-state index in [1.165, 1.54) is 41.5 Å². The van der Waals surface area contributed by atoms with E-state index in [2.05, 4.69) is 32.0 Å². The smallest absolute Gasteiger partial charge is 0.195 e. The fourth-order valence-corrected chi connectivity index (χ4v) is 4.25. The van der Waals surface area contributed by atoms with Gasteiger partial charge in [0.05, 0.1) is 0 Å². The molecule has 0 aliphatic rings. The van der Waals surface area contributed by atoms with E-state index in [0.717, 1.165) is 21.9 Å². The lowest BCUT2D eigenvalue weighted by Gasteiger charge is -2.09. The number of hydrogen-bond donors (Lipinski definition) is 0. The maximum Gasteiger partial charge on any atom is 0.195 e. The van der Waals surface area contributed by atoms with Gasteiger partial charge in [-0.05, 0) is 43.5 Å². The van der Waals surface area contributed by atoms with Gasteiger partial charge in [0.2, 0.25) is 0 Å². The molecule has 0 radical (unpaired) electrons. The largest absolute Gasteiger partial charge is 0.289 e. The van der Waals surface area contributed by atoms with E-state index in [0.29, 0.717) is 0 Å². The molecule has 0 spiro atoms. The van der Waals surface area contributed by atoms with Crippen LogP contribution in [0.25, 0.3) is 20.2 Å². The van der Waals surface area contributed by atoms with Gasteiger partial charge < -0.3 is 0 Å². The summed E-state index contributed by atoms with van der Waals surface area (Å²) in [5, 5.41) is 1.75. The van der Waals surface area contributed by atoms with Crippen molar-refractivity contribution in [3.8, 4) is 0 Å². The van der Waals surface area contributed by atoms with Gasteiger partial charge in [-0.1, -0.05) is 49.9 Å². The second-order valence-electron chi connectivity index (χ2n) is 6.04. The van der Waals surface area contributed by atoms with Crippen molar-refractivity contribution in [2.75, 3.05) is 0 Å². The summed E-state index contributed by atoms with van der Waals surface area (Å²) >= 11 is 1.76. The molecule has 0 N–H and O–H groups in total. The third-order valence-electron chi connectivity index (χ3n) is 4.20. The van der Waals surface area contributed by atoms with E-state index in [1.807, 2.05) is 18.2 Å². The van der Waals surface area contributed by atoms with Crippen LogP contribution in [-0.4, -0.2) is 0 Å². The Kier molecular flexibility index (Phi) is 4.58. The van der Waals surface area contributed by atoms with Crippen molar-refractivity contribution in [2.24, 2.45) is 0 Å². The summed E-state index contributed by atoms with van der Waals surface area (Å²) in [5.74, 6) is 0. The average molecular weight is 310 g/mol. The van der Waals surface area contributed by atoms with Crippen LogP contribution in [0, 0.1) is 6.92 Å². The molecule has 1 nitrogen and oxygen atoms in total. The Labute approximate surface area is 135 Å². The van der Waals surface area contributed by atoms with Crippen LogP contribution in [0.2, 0.25) is 0 Å². The molecule has 0 saturated heterocycles. The number of rotatable bonds is 5. The first-order chi connectivity index (χ1) is 10.7. The van der Waals surface area contributed by atoms with Crippen molar-refractivity contribution in [2.45, 2.75) is 46.0 Å². The molecule has 3 rings (SSSR count). The average Bonchev–Trinajstić information content (AvgIpc) is 2.53. The zero-order valence-corrected chi connectivity index (χ0v) is 14.1. The maximum atomic E-state index is 12.8. The highest BCUT2D eigenvalue weighted by molar-refractivity contribution is 7.24. The highest BCUT2D eigenvalue weighted by atomic mass is 32.1. The molecular formula is C20H22OS. The first kappa shape index (κ1) is 15.2. The SMILES string of the molecule is CCCCCCc1cc(C)cc2c(=O)c3ccccc3sc12. The molecule has 2 heteroatoms. The summed E-state index contributed by atoms with van der Waals surface area (Å²) in [6.07, 6.45) is 6.11. The Morgan fingerprint density at radius 1 is 1.00 bits per heavy atom. The molecule has 0 amide bonds. The van der Waals surface area contributed by atoms with Crippen LogP contribution in [0.3, 0.4) is 0 Å². The Morgan fingerprint density at radius 2 is 1.82 bits per heavy atom. The number of fused-ring (bicyclic) bond motifs is 2. The summed E-state index contributed by atoms with van der Waals surface area (Å²) < 4.78 is 2.28. The predicted molar refractivity (Wildman–Crippen MR) is 98.2 cm³/mol. The minimum absolute atomic E-state index is 0.183. The lowest BCUT2D eigenvalue weighted by molar-refractivity contribution is 0.668. The topological polar surface area (TPSA) is 17.1 Å². The molecule has 0 unspecified atom stereocenters. The van der Waals surface area contributed by atoms with Crippen LogP contribution < -0.4 is 5.43 Å². The van der Waals surface area contributed by atoms with Gasteiger partial charge in [0.15, 0.2) is 5.43 Å². The van der Waals surface area contributed by atoms with Crippen molar-refractivity contribution < 1.29 is 0 Å². The summed E-state index contributed by atoms with van der Waals surface area (Å²) in [6.45, 7) is 4.33. The minimum Gasteiger partial charge on any atom is -0.289 e. The van der Waals surface area contributed by atoms with Crippen molar-refractivity contribution >= 4 is 31.5 Å². The van der Waals surface area contributed by atoms with Gasteiger partial charge in [0.25, 0.3) is 0 Å². The molecule has 0 aliphatic heterocycles. The van der Waals surface area contributed by atoms with Crippen LogP contribution in [0.15, 0.2) is 41.2 Å².